The SMILES string of the molecule is COc1cc(C)c(CNS(C)(=O)=O)cc1Cl. The molecule has 0 radical (unpaired) electrons. The Kier molecular flexibility index (Phi) is 4.18. The van der Waals surface area contributed by atoms with Gasteiger partial charge in [-0.25, -0.2) is 13.1 Å². The van der Waals surface area contributed by atoms with E-state index in [1.54, 1.807) is 12.1 Å². The van der Waals surface area contributed by atoms with Crippen LogP contribution in [0, 0.1) is 6.92 Å². The Labute approximate surface area is 101 Å². The van der Waals surface area contributed by atoms with E-state index in [-0.39, 0.29) is 6.54 Å². The van der Waals surface area contributed by atoms with Crippen LogP contribution in [0.15, 0.2) is 12.1 Å². The van der Waals surface area contributed by atoms with Crippen molar-refractivity contribution in [3.8, 4) is 5.75 Å². The van der Waals surface area contributed by atoms with Crippen LogP contribution in [0.25, 0.3) is 0 Å². The van der Waals surface area contributed by atoms with E-state index in [4.69, 9.17) is 16.3 Å². The average Bonchev–Trinajstić information content (AvgIpc) is 2.17. The number of aryl methyl sites for hydroxylation is 1. The van der Waals surface area contributed by atoms with Gasteiger partial charge in [-0.15, -0.1) is 0 Å². The van der Waals surface area contributed by atoms with Crippen LogP contribution in [-0.4, -0.2) is 21.8 Å². The summed E-state index contributed by atoms with van der Waals surface area (Å²) in [6.07, 6.45) is 1.12. The quantitative estimate of drug-likeness (QED) is 0.900. The largest absolute Gasteiger partial charge is 0.495 e. The third kappa shape index (κ3) is 3.66. The third-order valence-corrected chi connectivity index (χ3v) is 3.10. The van der Waals surface area contributed by atoms with E-state index in [0.717, 1.165) is 17.4 Å². The summed E-state index contributed by atoms with van der Waals surface area (Å²) in [5, 5.41) is 0.471. The van der Waals surface area contributed by atoms with Gasteiger partial charge in [0.2, 0.25) is 10.0 Å². The Morgan fingerprint density at radius 2 is 2.06 bits per heavy atom. The molecular weight excluding hydrogens is 250 g/mol. The molecule has 0 heterocycles. The number of hydrogen-bond donors (Lipinski definition) is 1. The molecule has 0 aromatic heterocycles. The summed E-state index contributed by atoms with van der Waals surface area (Å²) in [7, 11) is -1.66. The highest BCUT2D eigenvalue weighted by Crippen LogP contribution is 2.27. The predicted molar refractivity (Wildman–Crippen MR) is 64.4 cm³/mol. The topological polar surface area (TPSA) is 55.4 Å². The third-order valence-electron chi connectivity index (χ3n) is 2.14. The summed E-state index contributed by atoms with van der Waals surface area (Å²) in [4.78, 5) is 0. The van der Waals surface area contributed by atoms with Gasteiger partial charge in [0.15, 0.2) is 0 Å². The first kappa shape index (κ1) is 13.3. The summed E-state index contributed by atoms with van der Waals surface area (Å²) >= 11 is 5.95. The molecule has 0 unspecified atom stereocenters. The molecule has 6 heteroatoms. The highest BCUT2D eigenvalue weighted by molar-refractivity contribution is 7.88. The first-order chi connectivity index (χ1) is 7.33. The van der Waals surface area contributed by atoms with Crippen molar-refractivity contribution in [1.29, 1.82) is 0 Å². The van der Waals surface area contributed by atoms with E-state index >= 15 is 0 Å². The van der Waals surface area contributed by atoms with Gasteiger partial charge in [0.25, 0.3) is 0 Å². The van der Waals surface area contributed by atoms with Gasteiger partial charge in [-0.3, -0.25) is 0 Å². The number of rotatable bonds is 4. The Morgan fingerprint density at radius 3 is 2.56 bits per heavy atom. The summed E-state index contributed by atoms with van der Waals surface area (Å²) in [6, 6.07) is 3.48. The van der Waals surface area contributed by atoms with Crippen molar-refractivity contribution in [2.24, 2.45) is 0 Å². The van der Waals surface area contributed by atoms with Crippen molar-refractivity contribution in [3.05, 3.63) is 28.3 Å². The Bertz CT molecular complexity index is 485. The van der Waals surface area contributed by atoms with Crippen LogP contribution in [0.5, 0.6) is 5.75 Å². The van der Waals surface area contributed by atoms with Crippen molar-refractivity contribution in [2.45, 2.75) is 13.5 Å². The minimum absolute atomic E-state index is 0.231. The zero-order valence-electron chi connectivity index (χ0n) is 9.37. The highest BCUT2D eigenvalue weighted by Gasteiger charge is 2.08. The van der Waals surface area contributed by atoms with Gasteiger partial charge < -0.3 is 4.74 Å². The molecule has 0 saturated carbocycles. The summed E-state index contributed by atoms with van der Waals surface area (Å²) in [6.45, 7) is 2.10. The molecule has 1 N–H and O–H groups in total. The Balaban J connectivity index is 2.94. The minimum atomic E-state index is -3.19. The van der Waals surface area contributed by atoms with E-state index in [0.29, 0.717) is 10.8 Å². The van der Waals surface area contributed by atoms with Crippen LogP contribution in [0.2, 0.25) is 5.02 Å². The van der Waals surface area contributed by atoms with Gasteiger partial charge >= 0.3 is 0 Å². The van der Waals surface area contributed by atoms with Crippen molar-refractivity contribution in [2.75, 3.05) is 13.4 Å². The lowest BCUT2D eigenvalue weighted by atomic mass is 10.1. The number of sulfonamides is 1. The standard InChI is InChI=1S/C10H14ClNO3S/c1-7-4-10(15-2)9(11)5-8(7)6-12-16(3,13)14/h4-5,12H,6H2,1-3H3. The molecule has 1 aromatic carbocycles. The molecule has 0 saturated heterocycles. The Hall–Kier alpha value is -0.780. The van der Waals surface area contributed by atoms with Crippen LogP contribution in [0.1, 0.15) is 11.1 Å². The lowest BCUT2D eigenvalue weighted by Crippen LogP contribution is -2.21. The molecule has 16 heavy (non-hydrogen) atoms. The maximum Gasteiger partial charge on any atom is 0.209 e. The van der Waals surface area contributed by atoms with Gasteiger partial charge in [0.05, 0.1) is 18.4 Å². The normalized spacial score (nSPS) is 11.5. The molecule has 0 aliphatic rings. The Morgan fingerprint density at radius 1 is 1.44 bits per heavy atom. The lowest BCUT2D eigenvalue weighted by Gasteiger charge is -2.10. The van der Waals surface area contributed by atoms with Crippen molar-refractivity contribution >= 4 is 21.6 Å². The minimum Gasteiger partial charge on any atom is -0.495 e. The molecule has 0 bridgehead atoms. The van der Waals surface area contributed by atoms with Crippen LogP contribution in [-0.2, 0) is 16.6 Å². The first-order valence-electron chi connectivity index (χ1n) is 4.61. The first-order valence-corrected chi connectivity index (χ1v) is 6.88. The molecule has 0 aliphatic carbocycles. The van der Waals surface area contributed by atoms with Gasteiger partial charge in [0, 0.05) is 6.54 Å². The molecule has 0 atom stereocenters. The smallest absolute Gasteiger partial charge is 0.209 e. The zero-order valence-corrected chi connectivity index (χ0v) is 10.9. The average molecular weight is 264 g/mol. The van der Waals surface area contributed by atoms with Crippen LogP contribution in [0.4, 0.5) is 0 Å². The second kappa shape index (κ2) is 5.03. The molecular formula is C10H14ClNO3S. The number of halogens is 1. The molecule has 1 rings (SSSR count). The molecule has 0 spiro atoms. The zero-order chi connectivity index (χ0) is 12.3. The monoisotopic (exact) mass is 263 g/mol. The summed E-state index contributed by atoms with van der Waals surface area (Å²) in [5.41, 5.74) is 1.76. The predicted octanol–water partition coefficient (Wildman–Crippen LogP) is 1.71. The van der Waals surface area contributed by atoms with Crippen molar-refractivity contribution < 1.29 is 13.2 Å². The highest BCUT2D eigenvalue weighted by atomic mass is 35.5. The van der Waals surface area contributed by atoms with Gasteiger partial charge in [-0.1, -0.05) is 11.6 Å². The molecule has 1 aromatic rings. The number of hydrogen-bond acceptors (Lipinski definition) is 3. The molecule has 0 fully saturated rings. The number of nitrogens with one attached hydrogen (secondary N) is 1. The van der Waals surface area contributed by atoms with Crippen molar-refractivity contribution in [1.82, 2.24) is 4.72 Å². The summed E-state index contributed by atoms with van der Waals surface area (Å²) in [5.74, 6) is 0.585. The van der Waals surface area contributed by atoms with Gasteiger partial charge in [0.1, 0.15) is 5.75 Å². The van der Waals surface area contributed by atoms with Crippen LogP contribution >= 0.6 is 11.6 Å². The van der Waals surface area contributed by atoms with Crippen LogP contribution in [0.3, 0.4) is 0 Å². The molecule has 0 aliphatic heterocycles. The second-order valence-electron chi connectivity index (χ2n) is 3.51. The number of ether oxygens (including phenoxy) is 1. The molecule has 4 nitrogen and oxygen atoms in total. The van der Waals surface area contributed by atoms with Crippen LogP contribution < -0.4 is 9.46 Å². The second-order valence-corrected chi connectivity index (χ2v) is 5.75. The van der Waals surface area contributed by atoms with E-state index < -0.39 is 10.0 Å². The number of methoxy groups -OCH3 is 1. The van der Waals surface area contributed by atoms with E-state index in [9.17, 15) is 8.42 Å². The fourth-order valence-corrected chi connectivity index (χ4v) is 1.93. The summed E-state index contributed by atoms with van der Waals surface area (Å²) < 4.78 is 29.4. The van der Waals surface area contributed by atoms with Crippen molar-refractivity contribution in [3.63, 3.8) is 0 Å². The molecule has 90 valence electrons. The van der Waals surface area contributed by atoms with E-state index in [1.807, 2.05) is 6.92 Å². The number of benzene rings is 1. The lowest BCUT2D eigenvalue weighted by molar-refractivity contribution is 0.414. The maximum atomic E-state index is 11.0. The molecule has 0 amide bonds. The maximum absolute atomic E-state index is 11.0. The van der Waals surface area contributed by atoms with Gasteiger partial charge in [-0.05, 0) is 30.2 Å². The fourth-order valence-electron chi connectivity index (χ4n) is 1.25. The van der Waals surface area contributed by atoms with Gasteiger partial charge in [-0.2, -0.15) is 0 Å². The van der Waals surface area contributed by atoms with E-state index in [2.05, 4.69) is 4.72 Å². The fraction of sp³-hybridized carbons (Fsp3) is 0.400. The van der Waals surface area contributed by atoms with E-state index in [1.165, 1.54) is 7.11 Å².